The Bertz CT molecular complexity index is 806. The highest BCUT2D eigenvalue weighted by Crippen LogP contribution is 2.39. The van der Waals surface area contributed by atoms with Gasteiger partial charge in [0.15, 0.2) is 5.82 Å². The molecule has 0 saturated heterocycles. The Labute approximate surface area is 131 Å². The summed E-state index contributed by atoms with van der Waals surface area (Å²) in [7, 11) is 0. The topological polar surface area (TPSA) is 72.2 Å². The lowest BCUT2D eigenvalue weighted by molar-refractivity contribution is 0.0954. The Balaban J connectivity index is 1.38. The second-order valence-electron chi connectivity index (χ2n) is 5.39. The Hall–Kier alpha value is -2.28. The second kappa shape index (κ2) is 5.49. The van der Waals surface area contributed by atoms with Crippen LogP contribution in [-0.4, -0.2) is 32.3 Å². The van der Waals surface area contributed by atoms with E-state index in [2.05, 4.69) is 20.6 Å². The molecule has 1 aromatic carbocycles. The molecule has 22 heavy (non-hydrogen) atoms. The Kier molecular flexibility index (Phi) is 3.34. The third-order valence-electron chi connectivity index (χ3n) is 3.66. The van der Waals surface area contributed by atoms with Crippen LogP contribution in [0.25, 0.3) is 4.96 Å². The predicted molar refractivity (Wildman–Crippen MR) is 83.1 cm³/mol. The molecule has 7 heteroatoms. The lowest BCUT2D eigenvalue weighted by Gasteiger charge is -2.03. The van der Waals surface area contributed by atoms with Crippen LogP contribution >= 0.6 is 11.3 Å². The van der Waals surface area contributed by atoms with Crippen molar-refractivity contribution in [2.45, 2.75) is 25.2 Å². The maximum absolute atomic E-state index is 12.0. The zero-order valence-corrected chi connectivity index (χ0v) is 12.7. The van der Waals surface area contributed by atoms with Gasteiger partial charge in [0.25, 0.3) is 5.91 Å². The van der Waals surface area contributed by atoms with Crippen LogP contribution in [0.15, 0.2) is 30.3 Å². The van der Waals surface area contributed by atoms with Crippen molar-refractivity contribution in [3.8, 4) is 0 Å². The van der Waals surface area contributed by atoms with E-state index in [4.69, 9.17) is 0 Å². The molecule has 1 amide bonds. The van der Waals surface area contributed by atoms with Crippen molar-refractivity contribution in [2.75, 3.05) is 6.54 Å². The van der Waals surface area contributed by atoms with Crippen LogP contribution in [0.2, 0.25) is 0 Å². The van der Waals surface area contributed by atoms with E-state index in [-0.39, 0.29) is 5.91 Å². The number of rotatable bonds is 5. The van der Waals surface area contributed by atoms with E-state index in [9.17, 15) is 4.79 Å². The number of hydrogen-bond donors (Lipinski definition) is 1. The summed E-state index contributed by atoms with van der Waals surface area (Å²) < 4.78 is 1.86. The molecular formula is C15H15N5OS. The van der Waals surface area contributed by atoms with Gasteiger partial charge in [-0.05, 0) is 25.0 Å². The normalized spacial score (nSPS) is 14.4. The number of benzene rings is 1. The molecule has 6 nitrogen and oxygen atoms in total. The summed E-state index contributed by atoms with van der Waals surface area (Å²) in [5.41, 5.74) is 0.677. The van der Waals surface area contributed by atoms with E-state index < -0.39 is 0 Å². The van der Waals surface area contributed by atoms with E-state index >= 15 is 0 Å². The van der Waals surface area contributed by atoms with Crippen molar-refractivity contribution in [1.29, 1.82) is 0 Å². The summed E-state index contributed by atoms with van der Waals surface area (Å²) >= 11 is 1.54. The van der Waals surface area contributed by atoms with Gasteiger partial charge < -0.3 is 5.32 Å². The quantitative estimate of drug-likeness (QED) is 0.782. The molecule has 4 rings (SSSR count). The number of amides is 1. The lowest BCUT2D eigenvalue weighted by Crippen LogP contribution is -2.25. The average molecular weight is 313 g/mol. The van der Waals surface area contributed by atoms with Crippen LogP contribution < -0.4 is 5.32 Å². The SMILES string of the molecule is O=C(NCCc1nn2c(C3CC3)nnc2s1)c1ccccc1. The monoisotopic (exact) mass is 313 g/mol. The van der Waals surface area contributed by atoms with E-state index in [1.807, 2.05) is 22.7 Å². The van der Waals surface area contributed by atoms with Crippen LogP contribution in [-0.2, 0) is 6.42 Å². The number of aromatic nitrogens is 4. The molecule has 1 saturated carbocycles. The fourth-order valence-corrected chi connectivity index (χ4v) is 3.18. The Morgan fingerprint density at radius 2 is 2.09 bits per heavy atom. The molecule has 2 heterocycles. The van der Waals surface area contributed by atoms with Crippen LogP contribution in [0.5, 0.6) is 0 Å². The molecule has 112 valence electrons. The first-order chi connectivity index (χ1) is 10.8. The molecule has 0 spiro atoms. The average Bonchev–Trinajstić information content (AvgIpc) is 3.19. The minimum absolute atomic E-state index is 0.0535. The standard InChI is InChI=1S/C15H15N5OS/c21-14(11-4-2-1-3-5-11)16-9-8-12-19-20-13(10-6-7-10)17-18-15(20)22-12/h1-5,10H,6-9H2,(H,16,21). The largest absolute Gasteiger partial charge is 0.352 e. The lowest BCUT2D eigenvalue weighted by atomic mass is 10.2. The molecule has 1 aliphatic carbocycles. The van der Waals surface area contributed by atoms with Crippen molar-refractivity contribution in [3.63, 3.8) is 0 Å². The van der Waals surface area contributed by atoms with Gasteiger partial charge in [-0.25, -0.2) is 0 Å². The van der Waals surface area contributed by atoms with Crippen LogP contribution in [0.4, 0.5) is 0 Å². The summed E-state index contributed by atoms with van der Waals surface area (Å²) in [6.45, 7) is 0.566. The van der Waals surface area contributed by atoms with Gasteiger partial charge in [-0.15, -0.1) is 10.2 Å². The summed E-state index contributed by atoms with van der Waals surface area (Å²) in [5.74, 6) is 1.45. The molecule has 0 unspecified atom stereocenters. The summed E-state index contributed by atoms with van der Waals surface area (Å²) in [5, 5.41) is 16.8. The first kappa shape index (κ1) is 13.4. The van der Waals surface area contributed by atoms with E-state index in [0.717, 1.165) is 15.8 Å². The number of hydrogen-bond acceptors (Lipinski definition) is 5. The third kappa shape index (κ3) is 2.59. The van der Waals surface area contributed by atoms with E-state index in [1.54, 1.807) is 12.1 Å². The third-order valence-corrected chi connectivity index (χ3v) is 4.62. The fraction of sp³-hybridized carbons (Fsp3) is 0.333. The smallest absolute Gasteiger partial charge is 0.251 e. The van der Waals surface area contributed by atoms with Crippen molar-refractivity contribution < 1.29 is 4.79 Å². The molecule has 1 aliphatic rings. The van der Waals surface area contributed by atoms with Crippen molar-refractivity contribution in [2.24, 2.45) is 0 Å². The molecular weight excluding hydrogens is 298 g/mol. The maximum Gasteiger partial charge on any atom is 0.251 e. The van der Waals surface area contributed by atoms with Gasteiger partial charge in [0.05, 0.1) is 0 Å². The van der Waals surface area contributed by atoms with Crippen molar-refractivity contribution in [3.05, 3.63) is 46.7 Å². The molecule has 0 bridgehead atoms. The van der Waals surface area contributed by atoms with Crippen molar-refractivity contribution >= 4 is 22.2 Å². The molecule has 0 radical (unpaired) electrons. The summed E-state index contributed by atoms with van der Waals surface area (Å²) in [6, 6.07) is 9.22. The van der Waals surface area contributed by atoms with Crippen LogP contribution in [0.3, 0.4) is 0 Å². The number of nitrogens with zero attached hydrogens (tertiary/aromatic N) is 4. The molecule has 1 N–H and O–H groups in total. The highest BCUT2D eigenvalue weighted by molar-refractivity contribution is 7.16. The highest BCUT2D eigenvalue weighted by atomic mass is 32.1. The Morgan fingerprint density at radius 3 is 2.86 bits per heavy atom. The Morgan fingerprint density at radius 1 is 1.27 bits per heavy atom. The van der Waals surface area contributed by atoms with Gasteiger partial charge in [0.1, 0.15) is 5.01 Å². The molecule has 0 atom stereocenters. The van der Waals surface area contributed by atoms with Gasteiger partial charge in [-0.3, -0.25) is 4.79 Å². The van der Waals surface area contributed by atoms with Crippen LogP contribution in [0.1, 0.15) is 39.9 Å². The first-order valence-corrected chi connectivity index (χ1v) is 8.17. The molecule has 2 aromatic heterocycles. The maximum atomic E-state index is 12.0. The number of nitrogens with one attached hydrogen (secondary N) is 1. The van der Waals surface area contributed by atoms with Gasteiger partial charge in [0.2, 0.25) is 4.96 Å². The van der Waals surface area contributed by atoms with Crippen LogP contribution in [0, 0.1) is 0 Å². The zero-order chi connectivity index (χ0) is 14.9. The first-order valence-electron chi connectivity index (χ1n) is 7.35. The second-order valence-corrected chi connectivity index (χ2v) is 6.44. The summed E-state index contributed by atoms with van der Waals surface area (Å²) in [6.07, 6.45) is 3.07. The van der Waals surface area contributed by atoms with E-state index in [0.29, 0.717) is 24.4 Å². The molecule has 1 fully saturated rings. The van der Waals surface area contributed by atoms with Gasteiger partial charge in [-0.1, -0.05) is 29.5 Å². The number of fused-ring (bicyclic) bond motifs is 1. The minimum Gasteiger partial charge on any atom is -0.352 e. The number of carbonyl (C=O) groups excluding carboxylic acids is 1. The van der Waals surface area contributed by atoms with Gasteiger partial charge in [-0.2, -0.15) is 9.61 Å². The predicted octanol–water partition coefficient (Wildman–Crippen LogP) is 2.04. The number of carbonyl (C=O) groups is 1. The molecule has 0 aliphatic heterocycles. The fourth-order valence-electron chi connectivity index (χ4n) is 2.34. The zero-order valence-electron chi connectivity index (χ0n) is 11.9. The van der Waals surface area contributed by atoms with Gasteiger partial charge >= 0.3 is 0 Å². The summed E-state index contributed by atoms with van der Waals surface area (Å²) in [4.78, 5) is 12.8. The van der Waals surface area contributed by atoms with Gasteiger partial charge in [0, 0.05) is 24.4 Å². The van der Waals surface area contributed by atoms with Crippen molar-refractivity contribution in [1.82, 2.24) is 25.1 Å². The highest BCUT2D eigenvalue weighted by Gasteiger charge is 2.29. The minimum atomic E-state index is -0.0535. The molecule has 3 aromatic rings. The van der Waals surface area contributed by atoms with E-state index in [1.165, 1.54) is 24.2 Å².